The van der Waals surface area contributed by atoms with E-state index in [1.54, 1.807) is 13.3 Å². The lowest BCUT2D eigenvalue weighted by Crippen LogP contribution is -2.38. The fourth-order valence-electron chi connectivity index (χ4n) is 5.72. The van der Waals surface area contributed by atoms with Crippen molar-refractivity contribution in [2.75, 3.05) is 23.9 Å². The van der Waals surface area contributed by atoms with Crippen LogP contribution in [-0.2, 0) is 28.8 Å². The number of fused-ring (bicyclic) bond motifs is 1. The molecule has 0 aromatic carbocycles. The number of ether oxygens (including phenoxy) is 1. The Morgan fingerprint density at radius 3 is 2.94 bits per heavy atom. The first-order valence-electron chi connectivity index (χ1n) is 12.6. The molecule has 3 aliphatic rings. The van der Waals surface area contributed by atoms with Crippen molar-refractivity contribution < 1.29 is 9.53 Å². The van der Waals surface area contributed by atoms with Crippen LogP contribution < -0.4 is 10.2 Å². The molecule has 0 radical (unpaired) electrons. The second kappa shape index (κ2) is 9.66. The molecule has 6 rings (SSSR count). The van der Waals surface area contributed by atoms with Crippen LogP contribution in [0.5, 0.6) is 0 Å². The van der Waals surface area contributed by atoms with Crippen LogP contribution >= 0.6 is 11.3 Å². The number of aryl methyl sites for hydroxylation is 1. The number of thiazole rings is 1. The van der Waals surface area contributed by atoms with Crippen molar-refractivity contribution in [2.45, 2.75) is 75.9 Å². The summed E-state index contributed by atoms with van der Waals surface area (Å²) in [6.07, 6.45) is 10.6. The van der Waals surface area contributed by atoms with Gasteiger partial charge in [-0.15, -0.1) is 11.3 Å². The van der Waals surface area contributed by atoms with Crippen LogP contribution in [0.3, 0.4) is 0 Å². The van der Waals surface area contributed by atoms with Crippen molar-refractivity contribution in [3.05, 3.63) is 39.6 Å². The molecule has 3 aromatic rings. The molecule has 2 aliphatic carbocycles. The number of nitrogens with zero attached hydrogens (tertiary/aromatic N) is 5. The standard InChI is InChI=1S/C25H31N7O2S/c1-34-16-11-20(21(33)13-23-26-9-10-35-23)32(14-16)25-27-18-8-4-7-17(18)24(29-25)28-22-12-19(30-31-22)15-5-2-3-6-15/h9-10,12,15-16,20H,2-8,11,13-14H2,1H3,(H2,27,28,29,30,31). The molecule has 35 heavy (non-hydrogen) atoms. The number of ketones is 1. The van der Waals surface area contributed by atoms with E-state index in [1.807, 2.05) is 10.3 Å². The zero-order valence-electron chi connectivity index (χ0n) is 20.0. The smallest absolute Gasteiger partial charge is 0.228 e. The number of hydrogen-bond acceptors (Lipinski definition) is 9. The molecular formula is C25H31N7O2S. The Hall–Kier alpha value is -2.85. The summed E-state index contributed by atoms with van der Waals surface area (Å²) in [5.74, 6) is 2.89. The Morgan fingerprint density at radius 2 is 2.14 bits per heavy atom. The predicted octanol–water partition coefficient (Wildman–Crippen LogP) is 3.95. The van der Waals surface area contributed by atoms with E-state index in [1.165, 1.54) is 42.7 Å². The van der Waals surface area contributed by atoms with Gasteiger partial charge in [0.25, 0.3) is 0 Å². The number of nitrogens with one attached hydrogen (secondary N) is 2. The maximum Gasteiger partial charge on any atom is 0.228 e. The van der Waals surface area contributed by atoms with Gasteiger partial charge < -0.3 is 15.0 Å². The number of aromatic amines is 1. The number of aromatic nitrogens is 5. The summed E-state index contributed by atoms with van der Waals surface area (Å²) >= 11 is 1.51. The minimum atomic E-state index is -0.324. The van der Waals surface area contributed by atoms with Crippen molar-refractivity contribution in [2.24, 2.45) is 0 Å². The number of anilines is 3. The van der Waals surface area contributed by atoms with Crippen LogP contribution in [-0.4, -0.2) is 56.7 Å². The molecule has 184 valence electrons. The number of hydrogen-bond donors (Lipinski definition) is 2. The Labute approximate surface area is 208 Å². The van der Waals surface area contributed by atoms with Crippen LogP contribution in [0.25, 0.3) is 0 Å². The third-order valence-corrected chi connectivity index (χ3v) is 8.37. The van der Waals surface area contributed by atoms with Crippen LogP contribution in [0, 0.1) is 0 Å². The van der Waals surface area contributed by atoms with E-state index in [0.717, 1.165) is 47.2 Å². The molecule has 2 atom stereocenters. The normalized spacial score (nSPS) is 22.1. The van der Waals surface area contributed by atoms with E-state index < -0.39 is 0 Å². The molecule has 0 bridgehead atoms. The molecular weight excluding hydrogens is 462 g/mol. The van der Waals surface area contributed by atoms with E-state index in [2.05, 4.69) is 26.6 Å². The van der Waals surface area contributed by atoms with Crippen LogP contribution in [0.2, 0.25) is 0 Å². The molecule has 2 fully saturated rings. The minimum absolute atomic E-state index is 0.0335. The minimum Gasteiger partial charge on any atom is -0.380 e. The maximum absolute atomic E-state index is 13.3. The van der Waals surface area contributed by atoms with E-state index in [4.69, 9.17) is 14.7 Å². The van der Waals surface area contributed by atoms with Crippen molar-refractivity contribution in [3.8, 4) is 0 Å². The second-order valence-corrected chi connectivity index (χ2v) is 10.8. The summed E-state index contributed by atoms with van der Waals surface area (Å²) in [4.78, 5) is 29.5. The fraction of sp³-hybridized carbons (Fsp3) is 0.560. The second-order valence-electron chi connectivity index (χ2n) is 9.80. The van der Waals surface area contributed by atoms with Crippen molar-refractivity contribution in [1.29, 1.82) is 0 Å². The van der Waals surface area contributed by atoms with Gasteiger partial charge in [-0.3, -0.25) is 9.89 Å². The largest absolute Gasteiger partial charge is 0.380 e. The average molecular weight is 494 g/mol. The van der Waals surface area contributed by atoms with Gasteiger partial charge in [-0.1, -0.05) is 12.8 Å². The van der Waals surface area contributed by atoms with Crippen molar-refractivity contribution in [3.63, 3.8) is 0 Å². The lowest BCUT2D eigenvalue weighted by Gasteiger charge is -2.24. The highest BCUT2D eigenvalue weighted by Crippen LogP contribution is 2.36. The van der Waals surface area contributed by atoms with Gasteiger partial charge in [-0.2, -0.15) is 10.1 Å². The highest BCUT2D eigenvalue weighted by Gasteiger charge is 2.39. The molecule has 0 spiro atoms. The van der Waals surface area contributed by atoms with Crippen molar-refractivity contribution in [1.82, 2.24) is 25.1 Å². The SMILES string of the molecule is COC1CC(C(=O)Cc2nccs2)N(c2nc3c(c(Nc4cc(C5CCCC5)[nH]n4)n2)CCC3)C1. The van der Waals surface area contributed by atoms with E-state index in [9.17, 15) is 4.79 Å². The first-order valence-corrected chi connectivity index (χ1v) is 13.5. The highest BCUT2D eigenvalue weighted by molar-refractivity contribution is 7.09. The Balaban J connectivity index is 1.28. The van der Waals surface area contributed by atoms with Gasteiger partial charge in [0.05, 0.1) is 29.3 Å². The fourth-order valence-corrected chi connectivity index (χ4v) is 6.35. The maximum atomic E-state index is 13.3. The van der Waals surface area contributed by atoms with E-state index >= 15 is 0 Å². The Kier molecular flexibility index (Phi) is 6.24. The zero-order valence-corrected chi connectivity index (χ0v) is 20.8. The number of Topliss-reactive ketones (excluding diaryl/α,β-unsaturated/α-hetero) is 1. The quantitative estimate of drug-likeness (QED) is 0.486. The molecule has 4 heterocycles. The van der Waals surface area contributed by atoms with E-state index in [-0.39, 0.29) is 17.9 Å². The number of methoxy groups -OCH3 is 1. The van der Waals surface area contributed by atoms with Crippen LogP contribution in [0.15, 0.2) is 17.6 Å². The predicted molar refractivity (Wildman–Crippen MR) is 135 cm³/mol. The molecule has 10 heteroatoms. The summed E-state index contributed by atoms with van der Waals surface area (Å²) in [7, 11) is 1.70. The van der Waals surface area contributed by atoms with Gasteiger partial charge in [-0.05, 0) is 32.1 Å². The first kappa shape index (κ1) is 22.6. The summed E-state index contributed by atoms with van der Waals surface area (Å²) in [5, 5.41) is 14.0. The van der Waals surface area contributed by atoms with Crippen molar-refractivity contribution >= 4 is 34.7 Å². The first-order chi connectivity index (χ1) is 17.2. The molecule has 2 N–H and O–H groups in total. The molecule has 1 saturated carbocycles. The molecule has 3 aromatic heterocycles. The lowest BCUT2D eigenvalue weighted by atomic mass is 10.0. The molecule has 1 aliphatic heterocycles. The van der Waals surface area contributed by atoms with Gasteiger partial charge in [0.2, 0.25) is 5.95 Å². The molecule has 2 unspecified atom stereocenters. The highest BCUT2D eigenvalue weighted by atomic mass is 32.1. The van der Waals surface area contributed by atoms with Gasteiger partial charge in [0.15, 0.2) is 11.6 Å². The van der Waals surface area contributed by atoms with Gasteiger partial charge in [0, 0.05) is 54.9 Å². The third kappa shape index (κ3) is 4.56. The van der Waals surface area contributed by atoms with Gasteiger partial charge >= 0.3 is 0 Å². The molecule has 0 amide bonds. The lowest BCUT2D eigenvalue weighted by molar-refractivity contribution is -0.119. The average Bonchev–Trinajstić information content (AvgIpc) is 3.67. The number of carbonyl (C=O) groups excluding carboxylic acids is 1. The monoisotopic (exact) mass is 493 g/mol. The summed E-state index contributed by atoms with van der Waals surface area (Å²) in [6, 6.07) is 1.80. The Morgan fingerprint density at radius 1 is 1.26 bits per heavy atom. The summed E-state index contributed by atoms with van der Waals surface area (Å²) in [6.45, 7) is 0.594. The van der Waals surface area contributed by atoms with Crippen LogP contribution in [0.1, 0.15) is 66.4 Å². The summed E-state index contributed by atoms with van der Waals surface area (Å²) < 4.78 is 5.66. The van der Waals surface area contributed by atoms with E-state index in [0.29, 0.717) is 31.3 Å². The number of rotatable bonds is 8. The number of carbonyl (C=O) groups is 1. The van der Waals surface area contributed by atoms with Crippen LogP contribution in [0.4, 0.5) is 17.6 Å². The topological polar surface area (TPSA) is 109 Å². The Bertz CT molecular complexity index is 1190. The molecule has 1 saturated heterocycles. The third-order valence-electron chi connectivity index (χ3n) is 7.59. The summed E-state index contributed by atoms with van der Waals surface area (Å²) in [5.41, 5.74) is 3.43. The molecule has 9 nitrogen and oxygen atoms in total. The van der Waals surface area contributed by atoms with Gasteiger partial charge in [-0.25, -0.2) is 9.97 Å². The van der Waals surface area contributed by atoms with Gasteiger partial charge in [0.1, 0.15) is 5.82 Å². The number of H-pyrrole nitrogens is 1. The zero-order chi connectivity index (χ0) is 23.8.